The van der Waals surface area contributed by atoms with Crippen molar-refractivity contribution in [1.29, 1.82) is 5.26 Å². The van der Waals surface area contributed by atoms with Crippen molar-refractivity contribution >= 4 is 28.6 Å². The second-order valence-corrected chi connectivity index (χ2v) is 12.2. The van der Waals surface area contributed by atoms with Crippen LogP contribution in [-0.2, 0) is 4.74 Å². The van der Waals surface area contributed by atoms with Gasteiger partial charge in [0.25, 0.3) is 0 Å². The summed E-state index contributed by atoms with van der Waals surface area (Å²) in [5.41, 5.74) is 3.84. The molecule has 39 heavy (non-hydrogen) atoms. The fourth-order valence-electron chi connectivity index (χ4n) is 4.96. The van der Waals surface area contributed by atoms with Gasteiger partial charge in [-0.15, -0.1) is 0 Å². The van der Waals surface area contributed by atoms with E-state index in [0.717, 1.165) is 40.2 Å². The molecule has 0 atom stereocenters. The average molecular weight is 545 g/mol. The number of benzene rings is 1. The lowest BCUT2D eigenvalue weighted by Gasteiger charge is -2.42. The Balaban J connectivity index is 1.39. The van der Waals surface area contributed by atoms with Crippen molar-refractivity contribution in [2.24, 2.45) is 0 Å². The highest BCUT2D eigenvalue weighted by atomic mass is 32.1. The van der Waals surface area contributed by atoms with E-state index in [-0.39, 0.29) is 17.7 Å². The van der Waals surface area contributed by atoms with Crippen LogP contribution >= 0.6 is 11.3 Å². The molecule has 1 saturated carbocycles. The van der Waals surface area contributed by atoms with Crippen LogP contribution in [0.4, 0.5) is 14.7 Å². The number of aryl methyl sites for hydroxylation is 2. The molecular weight excluding hydrogens is 512 g/mol. The highest BCUT2D eigenvalue weighted by molar-refractivity contribution is 7.19. The number of urea groups is 1. The van der Waals surface area contributed by atoms with Gasteiger partial charge >= 0.3 is 12.1 Å². The molecule has 202 valence electrons. The van der Waals surface area contributed by atoms with E-state index in [1.54, 1.807) is 21.9 Å². The lowest BCUT2D eigenvalue weighted by Crippen LogP contribution is -2.59. The Labute approximate surface area is 232 Å². The zero-order valence-corrected chi connectivity index (χ0v) is 23.7. The first-order valence-electron chi connectivity index (χ1n) is 13.0. The van der Waals surface area contributed by atoms with Gasteiger partial charge in [-0.05, 0) is 77.3 Å². The highest BCUT2D eigenvalue weighted by Gasteiger charge is 2.55. The van der Waals surface area contributed by atoms with E-state index in [1.807, 2.05) is 58.9 Å². The molecule has 1 aliphatic carbocycles. The third-order valence-corrected chi connectivity index (χ3v) is 7.85. The Kier molecular flexibility index (Phi) is 6.81. The molecular formula is C29H32N6O3S. The molecule has 10 heteroatoms. The first-order valence-corrected chi connectivity index (χ1v) is 13.8. The van der Waals surface area contributed by atoms with Gasteiger partial charge in [-0.25, -0.2) is 14.6 Å². The summed E-state index contributed by atoms with van der Waals surface area (Å²) in [5, 5.41) is 12.9. The molecule has 2 fully saturated rings. The number of carbonyl (C=O) groups is 2. The smallest absolute Gasteiger partial charge is 0.410 e. The minimum atomic E-state index is -0.569. The average Bonchev–Trinajstić information content (AvgIpc) is 3.48. The zero-order chi connectivity index (χ0) is 27.9. The monoisotopic (exact) mass is 544 g/mol. The summed E-state index contributed by atoms with van der Waals surface area (Å²) in [4.78, 5) is 39.9. The second-order valence-electron chi connectivity index (χ2n) is 11.2. The molecule has 0 radical (unpaired) electrons. The molecule has 5 rings (SSSR count). The summed E-state index contributed by atoms with van der Waals surface area (Å²) < 4.78 is 5.61. The Morgan fingerprint density at radius 3 is 2.44 bits per heavy atom. The van der Waals surface area contributed by atoms with Crippen LogP contribution in [0, 0.1) is 25.2 Å². The molecule has 1 aliphatic heterocycles. The molecule has 3 heterocycles. The maximum absolute atomic E-state index is 13.4. The molecule has 1 saturated heterocycles. The molecule has 1 aromatic carbocycles. The minimum Gasteiger partial charge on any atom is -0.444 e. The number of piperazine rings is 1. The third kappa shape index (κ3) is 5.73. The van der Waals surface area contributed by atoms with Crippen LogP contribution in [0.5, 0.6) is 0 Å². The van der Waals surface area contributed by atoms with Crippen LogP contribution in [0.25, 0.3) is 21.7 Å². The number of nitrogens with zero attached hydrogens (tertiary/aromatic N) is 5. The molecule has 1 spiro atoms. The maximum Gasteiger partial charge on any atom is 0.410 e. The third-order valence-electron chi connectivity index (χ3n) is 6.83. The van der Waals surface area contributed by atoms with Gasteiger partial charge < -0.3 is 9.64 Å². The summed E-state index contributed by atoms with van der Waals surface area (Å²) in [6, 6.07) is 13.2. The molecule has 0 unspecified atom stereocenters. The van der Waals surface area contributed by atoms with Gasteiger partial charge in [0.05, 0.1) is 27.7 Å². The number of anilines is 1. The van der Waals surface area contributed by atoms with Gasteiger partial charge in [0.2, 0.25) is 0 Å². The number of thiazole rings is 1. The predicted molar refractivity (Wildman–Crippen MR) is 150 cm³/mol. The quantitative estimate of drug-likeness (QED) is 0.434. The molecule has 3 amide bonds. The van der Waals surface area contributed by atoms with Crippen molar-refractivity contribution in [3.8, 4) is 27.8 Å². The molecule has 3 aromatic rings. The number of rotatable bonds is 3. The number of ether oxygens (including phenoxy) is 1. The predicted octanol–water partition coefficient (Wildman–Crippen LogP) is 5.98. The van der Waals surface area contributed by atoms with Crippen LogP contribution in [0.3, 0.4) is 0 Å². The molecule has 1 N–H and O–H groups in total. The standard InChI is InChI=1S/C29H32N6O3S/c1-18-13-22(14-19(2)31-18)24-23(21-8-6-7-20(15-21)16-30)32-25(39-24)33-26(36)34-11-12-35(29(17-34)9-10-29)27(37)38-28(3,4)5/h6-8,13-15H,9-12,17H2,1-5H3,(H,32,33,36). The number of nitrogens with one attached hydrogen (secondary N) is 1. The van der Waals surface area contributed by atoms with Crippen molar-refractivity contribution in [1.82, 2.24) is 19.8 Å². The number of aromatic nitrogens is 2. The summed E-state index contributed by atoms with van der Waals surface area (Å²) in [6.07, 6.45) is 1.37. The van der Waals surface area contributed by atoms with E-state index in [4.69, 9.17) is 9.72 Å². The van der Waals surface area contributed by atoms with Gasteiger partial charge in [-0.3, -0.25) is 15.2 Å². The summed E-state index contributed by atoms with van der Waals surface area (Å²) in [6.45, 7) is 10.7. The van der Waals surface area contributed by atoms with Gasteiger partial charge in [-0.1, -0.05) is 23.5 Å². The van der Waals surface area contributed by atoms with E-state index >= 15 is 0 Å². The number of hydrogen-bond donors (Lipinski definition) is 1. The number of carbonyl (C=O) groups excluding carboxylic acids is 2. The molecule has 9 nitrogen and oxygen atoms in total. The van der Waals surface area contributed by atoms with Crippen molar-refractivity contribution in [3.05, 3.63) is 53.3 Å². The first kappa shape index (κ1) is 26.6. The number of hydrogen-bond acceptors (Lipinski definition) is 7. The summed E-state index contributed by atoms with van der Waals surface area (Å²) >= 11 is 1.39. The molecule has 2 aromatic heterocycles. The number of nitriles is 1. The minimum absolute atomic E-state index is 0.246. The summed E-state index contributed by atoms with van der Waals surface area (Å²) in [5.74, 6) is 0. The van der Waals surface area contributed by atoms with Crippen molar-refractivity contribution < 1.29 is 14.3 Å². The lowest BCUT2D eigenvalue weighted by atomic mass is 10.0. The van der Waals surface area contributed by atoms with E-state index < -0.39 is 5.60 Å². The van der Waals surface area contributed by atoms with Crippen LogP contribution < -0.4 is 5.32 Å². The lowest BCUT2D eigenvalue weighted by molar-refractivity contribution is -0.00158. The topological polar surface area (TPSA) is 111 Å². The normalized spacial score (nSPS) is 16.1. The van der Waals surface area contributed by atoms with Crippen LogP contribution in [0.15, 0.2) is 36.4 Å². The summed E-state index contributed by atoms with van der Waals surface area (Å²) in [7, 11) is 0. The van der Waals surface area contributed by atoms with E-state index in [1.165, 1.54) is 11.3 Å². The number of pyridine rings is 1. The highest BCUT2D eigenvalue weighted by Crippen LogP contribution is 2.45. The van der Waals surface area contributed by atoms with E-state index in [2.05, 4.69) is 16.4 Å². The Morgan fingerprint density at radius 1 is 1.08 bits per heavy atom. The molecule has 2 aliphatic rings. The fraction of sp³-hybridized carbons (Fsp3) is 0.414. The van der Waals surface area contributed by atoms with E-state index in [0.29, 0.717) is 36.0 Å². The second kappa shape index (κ2) is 9.97. The van der Waals surface area contributed by atoms with E-state index in [9.17, 15) is 14.9 Å². The Morgan fingerprint density at radius 2 is 1.79 bits per heavy atom. The largest absolute Gasteiger partial charge is 0.444 e. The van der Waals surface area contributed by atoms with Crippen molar-refractivity contribution in [2.45, 2.75) is 58.6 Å². The van der Waals surface area contributed by atoms with Gasteiger partial charge in [0.15, 0.2) is 5.13 Å². The van der Waals surface area contributed by atoms with Crippen molar-refractivity contribution in [2.75, 3.05) is 25.0 Å². The SMILES string of the molecule is Cc1cc(-c2sc(NC(=O)N3CCN(C(=O)OC(C)(C)C)C4(CC4)C3)nc2-c2cccc(C#N)c2)cc(C)n1. The Hall–Kier alpha value is -3.97. The van der Waals surface area contributed by atoms with Gasteiger partial charge in [0, 0.05) is 36.6 Å². The molecule has 0 bridgehead atoms. The Bertz CT molecular complexity index is 1460. The van der Waals surface area contributed by atoms with Gasteiger partial charge in [0.1, 0.15) is 5.60 Å². The fourth-order valence-corrected chi connectivity index (χ4v) is 5.93. The van der Waals surface area contributed by atoms with Crippen LogP contribution in [0.2, 0.25) is 0 Å². The number of amides is 3. The zero-order valence-electron chi connectivity index (χ0n) is 22.9. The van der Waals surface area contributed by atoms with Gasteiger partial charge in [-0.2, -0.15) is 5.26 Å². The first-order chi connectivity index (χ1) is 18.5. The van der Waals surface area contributed by atoms with Crippen LogP contribution in [0.1, 0.15) is 50.6 Å². The van der Waals surface area contributed by atoms with Crippen LogP contribution in [-0.4, -0.2) is 62.7 Å². The maximum atomic E-state index is 13.4. The van der Waals surface area contributed by atoms with Crippen molar-refractivity contribution in [3.63, 3.8) is 0 Å².